The third-order valence-electron chi connectivity index (χ3n) is 0. The summed E-state index contributed by atoms with van der Waals surface area (Å²) in [5.41, 5.74) is 0. The molecule has 0 saturated carbocycles. The van der Waals surface area contributed by atoms with E-state index in [9.17, 15) is 0 Å². The van der Waals surface area contributed by atoms with E-state index in [1.165, 1.54) is 0 Å². The van der Waals surface area contributed by atoms with Gasteiger partial charge in [0.2, 0.25) is 0 Å². The number of hydrogen-bond donors (Lipinski definition) is 0. The van der Waals surface area contributed by atoms with Crippen LogP contribution < -0.4 is 6.15 Å². The Morgan fingerprint density at radius 1 is 0.400 bits per heavy atom. The zero-order valence-corrected chi connectivity index (χ0v) is 0.447. The molecular weight excluding hydrogens is 106 g/mol. The molecule has 0 aromatic rings. The van der Waals surface area contributed by atoms with Crippen LogP contribution in [0, 0.1) is 0 Å². The molecule has 0 aliphatic rings. The van der Waals surface area contributed by atoms with E-state index < -0.39 is 0 Å². The molecule has 0 N–H and O–H groups in total. The van der Waals surface area contributed by atoms with Crippen LogP contribution in [0.25, 0.3) is 0 Å². The fourth-order valence-electron chi connectivity index (χ4n) is 0. The van der Waals surface area contributed by atoms with E-state index in [0.29, 0.717) is 0 Å². The van der Waals surface area contributed by atoms with Crippen LogP contribution in [0.15, 0.2) is 0 Å². The molecule has 0 atom stereocenters. The van der Waals surface area contributed by atoms with E-state index in [0.717, 1.165) is 0 Å². The topological polar surface area (TPSA) is 30.5 Å². The van der Waals surface area contributed by atoms with E-state index in [-0.39, 0.29) is 124 Å². The molecule has 0 saturated heterocycles. The van der Waals surface area contributed by atoms with Crippen molar-refractivity contribution in [3.05, 3.63) is 0 Å². The van der Waals surface area contributed by atoms with Gasteiger partial charge in [-0.25, -0.2) is 0 Å². The molecule has 1 nitrogen and oxygen atoms in total. The average Bonchev–Trinajstić information content (AvgIpc) is 0. The Bertz CT molecular complexity index is 3.61. The zero-order chi connectivity index (χ0) is 0. The van der Waals surface area contributed by atoms with Crippen molar-refractivity contribution in [3.8, 4) is 0 Å². The molecule has 5 heteroatoms. The molecule has 0 fully saturated rings. The van der Waals surface area contributed by atoms with Gasteiger partial charge < -0.3 is 0 Å². The molecule has 0 aliphatic carbocycles. The Kier molecular flexibility index (Phi) is 178. The summed E-state index contributed by atoms with van der Waals surface area (Å²) in [6.07, 6.45) is 0. The first-order valence-corrected chi connectivity index (χ1v) is 0. The molecule has 0 aliphatic heterocycles. The monoisotopic (exact) mass is 110 g/mol. The van der Waals surface area contributed by atoms with Crippen molar-refractivity contribution >= 4 is 118 Å². The summed E-state index contributed by atoms with van der Waals surface area (Å²) in [7, 11) is 0. The minimum absolute atomic E-state index is 0. The van der Waals surface area contributed by atoms with Crippen molar-refractivity contribution < 1.29 is 0 Å². The third-order valence-corrected chi connectivity index (χ3v) is 0. The first-order valence-electron chi connectivity index (χ1n) is 0. The molecule has 0 spiro atoms. The second-order valence-electron chi connectivity index (χ2n) is 0. The molecule has 0 heterocycles. The summed E-state index contributed by atoms with van der Waals surface area (Å²) in [5.74, 6) is 0. The van der Waals surface area contributed by atoms with E-state index in [1.807, 2.05) is 0 Å². The van der Waals surface area contributed by atoms with Crippen molar-refractivity contribution in [2.75, 3.05) is 0 Å². The predicted molar refractivity (Wildman–Crippen MR) is 30.7 cm³/mol. The van der Waals surface area contributed by atoms with Gasteiger partial charge in [0.1, 0.15) is 0 Å². The molecule has 0 rings (SSSR count). The van der Waals surface area contributed by atoms with Crippen LogP contribution in [0.2, 0.25) is 0 Å². The summed E-state index contributed by atoms with van der Waals surface area (Å²) >= 11 is 0. The van der Waals surface area contributed by atoms with Crippen molar-refractivity contribution in [1.82, 2.24) is 6.15 Å². The Labute approximate surface area is 121 Å². The molecular formula is H4NNa4. The first-order chi connectivity index (χ1) is 0. The van der Waals surface area contributed by atoms with Gasteiger partial charge in [-0.15, -0.1) is 0 Å². The van der Waals surface area contributed by atoms with Crippen LogP contribution in [0.5, 0.6) is 0 Å². The van der Waals surface area contributed by atoms with E-state index in [2.05, 4.69) is 0 Å². The summed E-state index contributed by atoms with van der Waals surface area (Å²) in [5, 5.41) is 0. The van der Waals surface area contributed by atoms with Gasteiger partial charge in [0, 0.05) is 6.15 Å². The van der Waals surface area contributed by atoms with E-state index in [4.69, 9.17) is 0 Å². The molecule has 0 aromatic heterocycles. The Hall–Kier alpha value is 3.96. The molecule has 0 aromatic carbocycles. The van der Waals surface area contributed by atoms with Gasteiger partial charge in [-0.2, -0.15) is 0 Å². The van der Waals surface area contributed by atoms with Crippen molar-refractivity contribution in [2.45, 2.75) is 0 Å². The summed E-state index contributed by atoms with van der Waals surface area (Å²) < 4.78 is 0. The van der Waals surface area contributed by atoms with Gasteiger partial charge in [0.25, 0.3) is 0 Å². The van der Waals surface area contributed by atoms with Crippen LogP contribution in [0.4, 0.5) is 0 Å². The van der Waals surface area contributed by atoms with E-state index >= 15 is 0 Å². The standard InChI is InChI=1S/N.4Na.4H. The zero-order valence-electron chi connectivity index (χ0n) is 0.447. The molecule has 3 radical (unpaired) electrons. The van der Waals surface area contributed by atoms with Gasteiger partial charge in [0.05, 0.1) is 0 Å². The summed E-state index contributed by atoms with van der Waals surface area (Å²) in [6.45, 7) is 0. The van der Waals surface area contributed by atoms with Gasteiger partial charge in [-0.3, -0.25) is 0 Å². The Balaban J connectivity index is 0. The normalized spacial score (nSPS) is 0. The fraction of sp³-hybridized carbons (Fsp3) is 0. The van der Waals surface area contributed by atoms with Gasteiger partial charge >= 0.3 is 118 Å². The number of rotatable bonds is 0. The van der Waals surface area contributed by atoms with Gasteiger partial charge in [-0.05, 0) is 0 Å². The molecule has 0 unspecified atom stereocenters. The SMILES string of the molecule is [N].[NaH].[NaH].[NaH].[NaH]. The minimum atomic E-state index is 0. The van der Waals surface area contributed by atoms with E-state index in [1.54, 1.807) is 0 Å². The van der Waals surface area contributed by atoms with Crippen molar-refractivity contribution in [2.24, 2.45) is 0 Å². The maximum absolute atomic E-state index is 0. The Morgan fingerprint density at radius 2 is 0.400 bits per heavy atom. The number of hydrogen-bond acceptors (Lipinski definition) is 0. The molecule has 0 bridgehead atoms. The van der Waals surface area contributed by atoms with Gasteiger partial charge in [-0.1, -0.05) is 0 Å². The summed E-state index contributed by atoms with van der Waals surface area (Å²) in [4.78, 5) is 0. The molecule has 13 valence electrons. The summed E-state index contributed by atoms with van der Waals surface area (Å²) in [6, 6.07) is 0. The third kappa shape index (κ3) is 18.0. The second kappa shape index (κ2) is 24.6. The van der Waals surface area contributed by atoms with Crippen molar-refractivity contribution in [1.29, 1.82) is 0 Å². The van der Waals surface area contributed by atoms with Crippen LogP contribution >= 0.6 is 0 Å². The Morgan fingerprint density at radius 3 is 0.400 bits per heavy atom. The van der Waals surface area contributed by atoms with Crippen LogP contribution in [0.3, 0.4) is 0 Å². The number of nitrogens with zero attached hydrogens (tertiary/aromatic N) is 1. The maximum atomic E-state index is 0. The molecule has 0 amide bonds. The molecule has 5 heavy (non-hydrogen) atoms. The first kappa shape index (κ1) is 36.2. The van der Waals surface area contributed by atoms with Gasteiger partial charge in [0.15, 0.2) is 0 Å². The predicted octanol–water partition coefficient (Wildman–Crippen LogP) is -3.07. The van der Waals surface area contributed by atoms with Crippen LogP contribution in [-0.2, 0) is 0 Å². The van der Waals surface area contributed by atoms with Crippen LogP contribution in [-0.4, -0.2) is 118 Å². The second-order valence-corrected chi connectivity index (χ2v) is 0. The van der Waals surface area contributed by atoms with Crippen molar-refractivity contribution in [3.63, 3.8) is 0 Å². The quantitative estimate of drug-likeness (QED) is 0.296. The van der Waals surface area contributed by atoms with Crippen LogP contribution in [0.1, 0.15) is 0 Å². The fourth-order valence-corrected chi connectivity index (χ4v) is 0. The average molecular weight is 110 g/mol.